The second kappa shape index (κ2) is 5.52. The molecule has 0 radical (unpaired) electrons. The van der Waals surface area contributed by atoms with Crippen LogP contribution in [-0.2, 0) is 0 Å². The molecule has 5 heteroatoms. The number of H-pyrrole nitrogens is 1. The van der Waals surface area contributed by atoms with Crippen molar-refractivity contribution in [1.29, 1.82) is 0 Å². The number of aromatic nitrogens is 4. The molecule has 5 nitrogen and oxygen atoms in total. The van der Waals surface area contributed by atoms with Crippen molar-refractivity contribution < 1.29 is 4.74 Å². The Labute approximate surface area is 116 Å². The third-order valence-corrected chi connectivity index (χ3v) is 2.99. The Morgan fingerprint density at radius 2 is 1.75 bits per heavy atom. The summed E-state index contributed by atoms with van der Waals surface area (Å²) in [7, 11) is 0. The summed E-state index contributed by atoms with van der Waals surface area (Å²) in [5, 5.41) is 13.9. The van der Waals surface area contributed by atoms with Gasteiger partial charge in [0.2, 0.25) is 5.82 Å². The lowest BCUT2D eigenvalue weighted by atomic mass is 10.0. The minimum atomic E-state index is 0.592. The van der Waals surface area contributed by atoms with E-state index >= 15 is 0 Å². The van der Waals surface area contributed by atoms with E-state index < -0.39 is 0 Å². The van der Waals surface area contributed by atoms with E-state index in [0.717, 1.165) is 22.4 Å². The highest BCUT2D eigenvalue weighted by Gasteiger charge is 2.07. The summed E-state index contributed by atoms with van der Waals surface area (Å²) >= 11 is 0. The van der Waals surface area contributed by atoms with Crippen LogP contribution in [0.1, 0.15) is 6.92 Å². The van der Waals surface area contributed by atoms with Crippen molar-refractivity contribution in [1.82, 2.24) is 20.6 Å². The molecule has 3 rings (SSSR count). The van der Waals surface area contributed by atoms with Crippen molar-refractivity contribution in [3.63, 3.8) is 0 Å². The van der Waals surface area contributed by atoms with Crippen molar-refractivity contribution in [3.05, 3.63) is 48.5 Å². The number of tetrazole rings is 1. The Kier molecular flexibility index (Phi) is 3.41. The van der Waals surface area contributed by atoms with E-state index in [1.165, 1.54) is 0 Å². The van der Waals surface area contributed by atoms with Gasteiger partial charge < -0.3 is 4.74 Å². The molecule has 0 aliphatic rings. The van der Waals surface area contributed by atoms with Crippen LogP contribution in [-0.4, -0.2) is 27.2 Å². The van der Waals surface area contributed by atoms with Gasteiger partial charge in [-0.2, -0.15) is 5.21 Å². The summed E-state index contributed by atoms with van der Waals surface area (Å²) in [6.45, 7) is 2.63. The SMILES string of the molecule is CCOc1ccccc1-c1ccc(-c2nn[nH]n2)cc1. The number of nitrogens with zero attached hydrogens (tertiary/aromatic N) is 3. The third-order valence-electron chi connectivity index (χ3n) is 2.99. The molecule has 1 heterocycles. The summed E-state index contributed by atoms with van der Waals surface area (Å²) in [6, 6.07) is 16.0. The van der Waals surface area contributed by atoms with Gasteiger partial charge in [-0.25, -0.2) is 0 Å². The molecule has 0 amide bonds. The average Bonchev–Trinajstić information content (AvgIpc) is 3.03. The van der Waals surface area contributed by atoms with Gasteiger partial charge >= 0.3 is 0 Å². The van der Waals surface area contributed by atoms with Gasteiger partial charge in [0.15, 0.2) is 0 Å². The largest absolute Gasteiger partial charge is 0.493 e. The molecule has 0 atom stereocenters. The molecular formula is C15H14N4O. The number of nitrogens with one attached hydrogen (secondary N) is 1. The van der Waals surface area contributed by atoms with E-state index in [1.54, 1.807) is 0 Å². The first-order valence-electron chi connectivity index (χ1n) is 6.44. The first kappa shape index (κ1) is 12.3. The van der Waals surface area contributed by atoms with Crippen molar-refractivity contribution in [3.8, 4) is 28.3 Å². The van der Waals surface area contributed by atoms with Gasteiger partial charge in [0.25, 0.3) is 0 Å². The van der Waals surface area contributed by atoms with E-state index in [2.05, 4.69) is 20.6 Å². The molecule has 20 heavy (non-hydrogen) atoms. The highest BCUT2D eigenvalue weighted by atomic mass is 16.5. The Morgan fingerprint density at radius 3 is 2.45 bits per heavy atom. The Bertz CT molecular complexity index is 677. The number of rotatable bonds is 4. The van der Waals surface area contributed by atoms with Crippen LogP contribution in [0, 0.1) is 0 Å². The van der Waals surface area contributed by atoms with Crippen LogP contribution in [0.4, 0.5) is 0 Å². The van der Waals surface area contributed by atoms with Gasteiger partial charge in [-0.15, -0.1) is 10.2 Å². The minimum absolute atomic E-state index is 0.592. The molecule has 0 saturated heterocycles. The standard InChI is InChI=1S/C15H14N4O/c1-2-20-14-6-4-3-5-13(14)11-7-9-12(10-8-11)15-16-18-19-17-15/h3-10H,2H2,1H3,(H,16,17,18,19). The van der Waals surface area contributed by atoms with Gasteiger partial charge in [-0.3, -0.25) is 0 Å². The van der Waals surface area contributed by atoms with Crippen LogP contribution >= 0.6 is 0 Å². The molecule has 1 aromatic heterocycles. The molecule has 0 aliphatic heterocycles. The fourth-order valence-electron chi connectivity index (χ4n) is 2.07. The van der Waals surface area contributed by atoms with Gasteiger partial charge in [-0.1, -0.05) is 42.5 Å². The third kappa shape index (κ3) is 2.38. The Hall–Kier alpha value is -2.69. The first-order chi connectivity index (χ1) is 9.88. The molecule has 0 spiro atoms. The smallest absolute Gasteiger partial charge is 0.204 e. The van der Waals surface area contributed by atoms with Gasteiger partial charge in [0.1, 0.15) is 5.75 Å². The summed E-state index contributed by atoms with van der Waals surface area (Å²) < 4.78 is 5.65. The van der Waals surface area contributed by atoms with E-state index in [4.69, 9.17) is 4.74 Å². The highest BCUT2D eigenvalue weighted by molar-refractivity contribution is 5.72. The molecule has 0 aliphatic carbocycles. The van der Waals surface area contributed by atoms with Gasteiger partial charge in [0.05, 0.1) is 6.61 Å². The second-order valence-electron chi connectivity index (χ2n) is 4.24. The normalized spacial score (nSPS) is 10.4. The average molecular weight is 266 g/mol. The second-order valence-corrected chi connectivity index (χ2v) is 4.24. The van der Waals surface area contributed by atoms with Crippen LogP contribution in [0.3, 0.4) is 0 Å². The van der Waals surface area contributed by atoms with E-state index in [-0.39, 0.29) is 0 Å². The number of hydrogen-bond acceptors (Lipinski definition) is 4. The van der Waals surface area contributed by atoms with Crippen LogP contribution < -0.4 is 4.74 Å². The summed E-state index contributed by atoms with van der Waals surface area (Å²) in [5.41, 5.74) is 3.10. The lowest BCUT2D eigenvalue weighted by Crippen LogP contribution is -1.93. The molecule has 0 bridgehead atoms. The molecule has 0 fully saturated rings. The molecular weight excluding hydrogens is 252 g/mol. The number of benzene rings is 2. The molecule has 0 saturated carbocycles. The number of para-hydroxylation sites is 1. The highest BCUT2D eigenvalue weighted by Crippen LogP contribution is 2.30. The zero-order valence-electron chi connectivity index (χ0n) is 11.1. The summed E-state index contributed by atoms with van der Waals surface area (Å²) in [5.74, 6) is 1.48. The molecule has 0 unspecified atom stereocenters. The van der Waals surface area contributed by atoms with E-state index in [9.17, 15) is 0 Å². The van der Waals surface area contributed by atoms with Crippen LogP contribution in [0.2, 0.25) is 0 Å². The first-order valence-corrected chi connectivity index (χ1v) is 6.44. The maximum Gasteiger partial charge on any atom is 0.204 e. The van der Waals surface area contributed by atoms with E-state index in [0.29, 0.717) is 12.4 Å². The maximum atomic E-state index is 5.65. The predicted molar refractivity (Wildman–Crippen MR) is 76.2 cm³/mol. The minimum Gasteiger partial charge on any atom is -0.493 e. The monoisotopic (exact) mass is 266 g/mol. The fraction of sp³-hybridized carbons (Fsp3) is 0.133. The lowest BCUT2D eigenvalue weighted by molar-refractivity contribution is 0.341. The van der Waals surface area contributed by atoms with Crippen molar-refractivity contribution in [2.75, 3.05) is 6.61 Å². The van der Waals surface area contributed by atoms with Gasteiger partial charge in [0, 0.05) is 11.1 Å². The fourth-order valence-corrected chi connectivity index (χ4v) is 2.07. The molecule has 1 N–H and O–H groups in total. The topological polar surface area (TPSA) is 63.7 Å². The molecule has 3 aromatic rings. The van der Waals surface area contributed by atoms with E-state index in [1.807, 2.05) is 55.5 Å². The number of ether oxygens (including phenoxy) is 1. The van der Waals surface area contributed by atoms with Crippen LogP contribution in [0.5, 0.6) is 5.75 Å². The van der Waals surface area contributed by atoms with Crippen molar-refractivity contribution >= 4 is 0 Å². The van der Waals surface area contributed by atoms with Crippen LogP contribution in [0.15, 0.2) is 48.5 Å². The Balaban J connectivity index is 1.95. The number of aromatic amines is 1. The molecule has 100 valence electrons. The summed E-state index contributed by atoms with van der Waals surface area (Å²) in [6.07, 6.45) is 0. The van der Waals surface area contributed by atoms with Crippen molar-refractivity contribution in [2.24, 2.45) is 0 Å². The summed E-state index contributed by atoms with van der Waals surface area (Å²) in [4.78, 5) is 0. The quantitative estimate of drug-likeness (QED) is 0.788. The van der Waals surface area contributed by atoms with Crippen molar-refractivity contribution in [2.45, 2.75) is 6.92 Å². The van der Waals surface area contributed by atoms with Gasteiger partial charge in [-0.05, 0) is 23.8 Å². The zero-order chi connectivity index (χ0) is 13.8. The molecule has 2 aromatic carbocycles. The maximum absolute atomic E-state index is 5.65. The zero-order valence-corrected chi connectivity index (χ0v) is 11.1. The Morgan fingerprint density at radius 1 is 1.00 bits per heavy atom. The predicted octanol–water partition coefficient (Wildman–Crippen LogP) is 2.93. The van der Waals surface area contributed by atoms with Crippen LogP contribution in [0.25, 0.3) is 22.5 Å². The lowest BCUT2D eigenvalue weighted by Gasteiger charge is -2.10. The number of hydrogen-bond donors (Lipinski definition) is 1.